The Morgan fingerprint density at radius 1 is 1.12 bits per heavy atom. The van der Waals surface area contributed by atoms with Crippen molar-refractivity contribution < 1.29 is 0 Å². The van der Waals surface area contributed by atoms with Crippen LogP contribution in [0.5, 0.6) is 0 Å². The summed E-state index contributed by atoms with van der Waals surface area (Å²) in [6, 6.07) is 10.7. The van der Waals surface area contributed by atoms with Crippen LogP contribution in [0.25, 0.3) is 0 Å². The SMILES string of the molecule is CNc1cncc(N2Cc3ccccc3C2)c1. The Bertz CT molecular complexity index is 511. The summed E-state index contributed by atoms with van der Waals surface area (Å²) >= 11 is 0. The lowest BCUT2D eigenvalue weighted by Gasteiger charge is -2.17. The molecule has 3 rings (SSSR count). The first-order valence-electron chi connectivity index (χ1n) is 5.81. The molecule has 0 saturated carbocycles. The molecule has 1 aliphatic heterocycles. The van der Waals surface area contributed by atoms with Crippen molar-refractivity contribution in [2.45, 2.75) is 13.1 Å². The van der Waals surface area contributed by atoms with E-state index in [2.05, 4.69) is 45.5 Å². The molecule has 0 aliphatic carbocycles. The van der Waals surface area contributed by atoms with Crippen LogP contribution in [0.1, 0.15) is 11.1 Å². The number of fused-ring (bicyclic) bond motifs is 1. The van der Waals surface area contributed by atoms with Gasteiger partial charge < -0.3 is 10.2 Å². The Labute approximate surface area is 101 Å². The Morgan fingerprint density at radius 3 is 2.47 bits per heavy atom. The zero-order chi connectivity index (χ0) is 11.7. The fourth-order valence-corrected chi connectivity index (χ4v) is 2.25. The zero-order valence-electron chi connectivity index (χ0n) is 9.85. The monoisotopic (exact) mass is 225 g/mol. The third-order valence-corrected chi connectivity index (χ3v) is 3.22. The zero-order valence-corrected chi connectivity index (χ0v) is 9.85. The maximum absolute atomic E-state index is 4.26. The molecule has 1 N–H and O–H groups in total. The third kappa shape index (κ3) is 1.84. The fourth-order valence-electron chi connectivity index (χ4n) is 2.25. The molecule has 86 valence electrons. The van der Waals surface area contributed by atoms with E-state index in [9.17, 15) is 0 Å². The van der Waals surface area contributed by atoms with E-state index in [1.165, 1.54) is 16.8 Å². The highest BCUT2D eigenvalue weighted by Gasteiger charge is 2.18. The van der Waals surface area contributed by atoms with Crippen LogP contribution in [-0.4, -0.2) is 12.0 Å². The topological polar surface area (TPSA) is 28.2 Å². The van der Waals surface area contributed by atoms with Crippen molar-refractivity contribution in [2.75, 3.05) is 17.3 Å². The molecule has 0 unspecified atom stereocenters. The molecule has 0 amide bonds. The molecule has 0 saturated heterocycles. The summed E-state index contributed by atoms with van der Waals surface area (Å²) in [6.07, 6.45) is 3.76. The normalized spacial score (nSPS) is 13.6. The molecule has 2 heterocycles. The van der Waals surface area contributed by atoms with Gasteiger partial charge in [0.25, 0.3) is 0 Å². The summed E-state index contributed by atoms with van der Waals surface area (Å²) < 4.78 is 0. The number of rotatable bonds is 2. The Kier molecular flexibility index (Phi) is 2.44. The van der Waals surface area contributed by atoms with Gasteiger partial charge in [-0.25, -0.2) is 0 Å². The second-order valence-electron chi connectivity index (χ2n) is 4.31. The molecule has 0 atom stereocenters. The van der Waals surface area contributed by atoms with Crippen LogP contribution in [0.15, 0.2) is 42.7 Å². The molecule has 1 aliphatic rings. The van der Waals surface area contributed by atoms with E-state index in [1.54, 1.807) is 0 Å². The summed E-state index contributed by atoms with van der Waals surface area (Å²) in [6.45, 7) is 1.95. The van der Waals surface area contributed by atoms with Crippen LogP contribution in [-0.2, 0) is 13.1 Å². The highest BCUT2D eigenvalue weighted by molar-refractivity contribution is 5.57. The number of nitrogens with zero attached hydrogens (tertiary/aromatic N) is 2. The number of hydrogen-bond donors (Lipinski definition) is 1. The number of hydrogen-bond acceptors (Lipinski definition) is 3. The van der Waals surface area contributed by atoms with E-state index in [0.29, 0.717) is 0 Å². The summed E-state index contributed by atoms with van der Waals surface area (Å²) in [5, 5.41) is 3.12. The molecule has 0 bridgehead atoms. The van der Waals surface area contributed by atoms with Crippen LogP contribution < -0.4 is 10.2 Å². The van der Waals surface area contributed by atoms with Gasteiger partial charge in [-0.05, 0) is 17.2 Å². The fraction of sp³-hybridized carbons (Fsp3) is 0.214. The van der Waals surface area contributed by atoms with Gasteiger partial charge >= 0.3 is 0 Å². The van der Waals surface area contributed by atoms with Crippen molar-refractivity contribution in [3.8, 4) is 0 Å². The molecule has 1 aromatic heterocycles. The standard InChI is InChI=1S/C14H15N3/c1-15-13-6-14(8-16-7-13)17-9-11-4-2-3-5-12(11)10-17/h2-8,15H,9-10H2,1H3. The predicted molar refractivity (Wildman–Crippen MR) is 70.1 cm³/mol. The molecule has 0 spiro atoms. The number of benzene rings is 1. The molecule has 0 radical (unpaired) electrons. The number of aromatic nitrogens is 1. The minimum atomic E-state index is 0.977. The maximum atomic E-state index is 4.26. The predicted octanol–water partition coefficient (Wildman–Crippen LogP) is 2.64. The van der Waals surface area contributed by atoms with Crippen molar-refractivity contribution in [1.29, 1.82) is 0 Å². The Balaban J connectivity index is 1.88. The van der Waals surface area contributed by atoms with E-state index in [0.717, 1.165) is 18.8 Å². The lowest BCUT2D eigenvalue weighted by Crippen LogP contribution is -2.14. The van der Waals surface area contributed by atoms with E-state index >= 15 is 0 Å². The molecule has 2 aromatic rings. The second-order valence-corrected chi connectivity index (χ2v) is 4.31. The number of anilines is 2. The average Bonchev–Trinajstić information content (AvgIpc) is 2.82. The maximum Gasteiger partial charge on any atom is 0.0579 e. The van der Waals surface area contributed by atoms with Crippen LogP contribution in [0.4, 0.5) is 11.4 Å². The van der Waals surface area contributed by atoms with Gasteiger partial charge in [0.1, 0.15) is 0 Å². The van der Waals surface area contributed by atoms with Gasteiger partial charge in [-0.1, -0.05) is 24.3 Å². The third-order valence-electron chi connectivity index (χ3n) is 3.22. The molecule has 17 heavy (non-hydrogen) atoms. The first-order valence-corrected chi connectivity index (χ1v) is 5.81. The largest absolute Gasteiger partial charge is 0.387 e. The van der Waals surface area contributed by atoms with Crippen molar-refractivity contribution in [3.05, 3.63) is 53.9 Å². The van der Waals surface area contributed by atoms with Crippen LogP contribution in [0.3, 0.4) is 0 Å². The highest BCUT2D eigenvalue weighted by atomic mass is 15.1. The molecule has 3 heteroatoms. The van der Waals surface area contributed by atoms with Crippen LogP contribution >= 0.6 is 0 Å². The molecular weight excluding hydrogens is 210 g/mol. The number of nitrogens with one attached hydrogen (secondary N) is 1. The van der Waals surface area contributed by atoms with Gasteiger partial charge in [-0.15, -0.1) is 0 Å². The van der Waals surface area contributed by atoms with Gasteiger partial charge in [-0.2, -0.15) is 0 Å². The summed E-state index contributed by atoms with van der Waals surface area (Å²) in [5.74, 6) is 0. The summed E-state index contributed by atoms with van der Waals surface area (Å²) in [4.78, 5) is 6.60. The highest BCUT2D eigenvalue weighted by Crippen LogP contribution is 2.28. The molecule has 0 fully saturated rings. The average molecular weight is 225 g/mol. The smallest absolute Gasteiger partial charge is 0.0579 e. The van der Waals surface area contributed by atoms with Gasteiger partial charge in [0.2, 0.25) is 0 Å². The Hall–Kier alpha value is -2.03. The first-order chi connectivity index (χ1) is 8.36. The second kappa shape index (κ2) is 4.09. The van der Waals surface area contributed by atoms with Crippen LogP contribution in [0, 0.1) is 0 Å². The van der Waals surface area contributed by atoms with E-state index in [4.69, 9.17) is 0 Å². The van der Waals surface area contributed by atoms with Crippen LogP contribution in [0.2, 0.25) is 0 Å². The number of pyridine rings is 1. The Morgan fingerprint density at radius 2 is 1.82 bits per heavy atom. The van der Waals surface area contributed by atoms with E-state index in [1.807, 2.05) is 19.4 Å². The molecule has 1 aromatic carbocycles. The molecular formula is C14H15N3. The summed E-state index contributed by atoms with van der Waals surface area (Å²) in [7, 11) is 1.92. The van der Waals surface area contributed by atoms with Crippen molar-refractivity contribution in [1.82, 2.24) is 4.98 Å². The minimum Gasteiger partial charge on any atom is -0.387 e. The van der Waals surface area contributed by atoms with Gasteiger partial charge in [0.15, 0.2) is 0 Å². The quantitative estimate of drug-likeness (QED) is 0.851. The van der Waals surface area contributed by atoms with E-state index < -0.39 is 0 Å². The van der Waals surface area contributed by atoms with Crippen molar-refractivity contribution in [3.63, 3.8) is 0 Å². The van der Waals surface area contributed by atoms with Gasteiger partial charge in [0, 0.05) is 20.1 Å². The summed E-state index contributed by atoms with van der Waals surface area (Å²) in [5.41, 5.74) is 5.07. The van der Waals surface area contributed by atoms with Crippen molar-refractivity contribution in [2.24, 2.45) is 0 Å². The van der Waals surface area contributed by atoms with E-state index in [-0.39, 0.29) is 0 Å². The minimum absolute atomic E-state index is 0.977. The van der Waals surface area contributed by atoms with Crippen molar-refractivity contribution >= 4 is 11.4 Å². The van der Waals surface area contributed by atoms with Gasteiger partial charge in [0.05, 0.1) is 23.8 Å². The lowest BCUT2D eigenvalue weighted by atomic mass is 10.1. The molecule has 3 nitrogen and oxygen atoms in total. The first kappa shape index (κ1) is 10.1. The van der Waals surface area contributed by atoms with Gasteiger partial charge in [-0.3, -0.25) is 4.98 Å². The lowest BCUT2D eigenvalue weighted by molar-refractivity contribution is 0.876.